The summed E-state index contributed by atoms with van der Waals surface area (Å²) in [5, 5.41) is 0.673. The Labute approximate surface area is 172 Å². The van der Waals surface area contributed by atoms with E-state index in [0.29, 0.717) is 37.6 Å². The van der Waals surface area contributed by atoms with Crippen LogP contribution in [0.2, 0.25) is 5.02 Å². The molecule has 0 atom stereocenters. The molecule has 2 aromatic rings. The number of rotatable bonds is 6. The van der Waals surface area contributed by atoms with Crippen molar-refractivity contribution in [1.82, 2.24) is 9.80 Å². The summed E-state index contributed by atoms with van der Waals surface area (Å²) in [4.78, 5) is 29.3. The number of piperidine rings is 1. The largest absolute Gasteiger partial charge is 0.342 e. The van der Waals surface area contributed by atoms with E-state index in [1.807, 2.05) is 59.2 Å². The first kappa shape index (κ1) is 20.4. The van der Waals surface area contributed by atoms with Gasteiger partial charge >= 0.3 is 0 Å². The standard InChI is InChI=1S/C23H27ClN2O2/c1-2-25(17-19-6-4-3-5-7-19)23(28)20-12-14-26(15-13-20)22(27)16-18-8-10-21(24)11-9-18/h3-11,20H,2,12-17H2,1H3. The first-order valence-corrected chi connectivity index (χ1v) is 10.3. The number of hydrogen-bond acceptors (Lipinski definition) is 2. The second-order valence-corrected chi connectivity index (χ2v) is 7.73. The third kappa shape index (κ3) is 5.35. The third-order valence-corrected chi connectivity index (χ3v) is 5.63. The van der Waals surface area contributed by atoms with Gasteiger partial charge in [0.25, 0.3) is 0 Å². The lowest BCUT2D eigenvalue weighted by molar-refractivity contribution is -0.140. The van der Waals surface area contributed by atoms with E-state index in [1.165, 1.54) is 0 Å². The van der Waals surface area contributed by atoms with Gasteiger partial charge in [-0.25, -0.2) is 0 Å². The van der Waals surface area contributed by atoms with E-state index < -0.39 is 0 Å². The molecule has 148 valence electrons. The molecule has 0 spiro atoms. The number of benzene rings is 2. The second kappa shape index (κ2) is 9.74. The van der Waals surface area contributed by atoms with Crippen molar-refractivity contribution in [1.29, 1.82) is 0 Å². The van der Waals surface area contributed by atoms with Gasteiger partial charge in [-0.2, -0.15) is 0 Å². The number of nitrogens with zero attached hydrogens (tertiary/aromatic N) is 2. The van der Waals surface area contributed by atoms with Crippen molar-refractivity contribution < 1.29 is 9.59 Å². The zero-order valence-corrected chi connectivity index (χ0v) is 17.1. The fourth-order valence-corrected chi connectivity index (χ4v) is 3.80. The van der Waals surface area contributed by atoms with Crippen molar-refractivity contribution in [2.24, 2.45) is 5.92 Å². The highest BCUT2D eigenvalue weighted by molar-refractivity contribution is 6.30. The molecule has 0 aliphatic carbocycles. The van der Waals surface area contributed by atoms with Gasteiger partial charge in [-0.3, -0.25) is 9.59 Å². The molecule has 1 aliphatic heterocycles. The Hall–Kier alpha value is -2.33. The average molecular weight is 399 g/mol. The number of carbonyl (C=O) groups is 2. The molecular formula is C23H27ClN2O2. The van der Waals surface area contributed by atoms with Gasteiger partial charge in [0.2, 0.25) is 11.8 Å². The summed E-state index contributed by atoms with van der Waals surface area (Å²) in [5.41, 5.74) is 2.11. The van der Waals surface area contributed by atoms with E-state index >= 15 is 0 Å². The molecule has 1 saturated heterocycles. The summed E-state index contributed by atoms with van der Waals surface area (Å²) in [6, 6.07) is 17.5. The van der Waals surface area contributed by atoms with E-state index in [1.54, 1.807) is 12.1 Å². The zero-order valence-electron chi connectivity index (χ0n) is 16.3. The maximum Gasteiger partial charge on any atom is 0.226 e. The normalized spacial score (nSPS) is 14.7. The first-order chi connectivity index (χ1) is 13.6. The Kier molecular flexibility index (Phi) is 7.10. The van der Waals surface area contributed by atoms with E-state index in [2.05, 4.69) is 0 Å². The van der Waals surface area contributed by atoms with Crippen LogP contribution in [0.4, 0.5) is 0 Å². The van der Waals surface area contributed by atoms with Crippen LogP contribution in [0.3, 0.4) is 0 Å². The highest BCUT2D eigenvalue weighted by Crippen LogP contribution is 2.22. The van der Waals surface area contributed by atoms with Crippen LogP contribution in [0.15, 0.2) is 54.6 Å². The van der Waals surface area contributed by atoms with E-state index in [0.717, 1.165) is 24.0 Å². The molecule has 2 aromatic carbocycles. The second-order valence-electron chi connectivity index (χ2n) is 7.30. The maximum absolute atomic E-state index is 12.9. The lowest BCUT2D eigenvalue weighted by Crippen LogP contribution is -2.44. The SMILES string of the molecule is CCN(Cc1ccccc1)C(=O)C1CCN(C(=O)Cc2ccc(Cl)cc2)CC1. The van der Waals surface area contributed by atoms with Gasteiger partial charge in [0, 0.05) is 37.1 Å². The summed E-state index contributed by atoms with van der Waals surface area (Å²) in [7, 11) is 0. The van der Waals surface area contributed by atoms with Crippen molar-refractivity contribution >= 4 is 23.4 Å². The van der Waals surface area contributed by atoms with Gasteiger partial charge in [-0.05, 0) is 43.0 Å². The molecular weight excluding hydrogens is 372 g/mol. The minimum atomic E-state index is 0.00300. The van der Waals surface area contributed by atoms with Crippen molar-refractivity contribution in [3.63, 3.8) is 0 Å². The molecule has 0 saturated carbocycles. The lowest BCUT2D eigenvalue weighted by atomic mass is 9.94. The van der Waals surface area contributed by atoms with E-state index in [4.69, 9.17) is 11.6 Å². The molecule has 28 heavy (non-hydrogen) atoms. The molecule has 0 unspecified atom stereocenters. The summed E-state index contributed by atoms with van der Waals surface area (Å²) in [5.74, 6) is 0.323. The quantitative estimate of drug-likeness (QED) is 0.732. The molecule has 0 N–H and O–H groups in total. The molecule has 2 amide bonds. The summed E-state index contributed by atoms with van der Waals surface area (Å²) < 4.78 is 0. The average Bonchev–Trinajstić information content (AvgIpc) is 2.74. The van der Waals surface area contributed by atoms with Gasteiger partial charge in [-0.1, -0.05) is 54.1 Å². The fraction of sp³-hybridized carbons (Fsp3) is 0.391. The molecule has 4 nitrogen and oxygen atoms in total. The molecule has 1 heterocycles. The van der Waals surface area contributed by atoms with E-state index in [-0.39, 0.29) is 17.7 Å². The van der Waals surface area contributed by atoms with Crippen LogP contribution in [0.1, 0.15) is 30.9 Å². The van der Waals surface area contributed by atoms with Gasteiger partial charge < -0.3 is 9.80 Å². The van der Waals surface area contributed by atoms with Crippen LogP contribution in [0.25, 0.3) is 0 Å². The van der Waals surface area contributed by atoms with Gasteiger partial charge in [-0.15, -0.1) is 0 Å². The Morgan fingerprint density at radius 2 is 1.64 bits per heavy atom. The van der Waals surface area contributed by atoms with Crippen LogP contribution in [-0.2, 0) is 22.6 Å². The maximum atomic E-state index is 12.9. The molecule has 0 radical (unpaired) electrons. The number of carbonyl (C=O) groups excluding carboxylic acids is 2. The molecule has 1 aliphatic rings. The van der Waals surface area contributed by atoms with Crippen molar-refractivity contribution in [2.75, 3.05) is 19.6 Å². The summed E-state index contributed by atoms with van der Waals surface area (Å²) >= 11 is 5.90. The van der Waals surface area contributed by atoms with Crippen molar-refractivity contribution in [2.45, 2.75) is 32.7 Å². The van der Waals surface area contributed by atoms with E-state index in [9.17, 15) is 9.59 Å². The number of halogens is 1. The Morgan fingerprint density at radius 1 is 1.00 bits per heavy atom. The fourth-order valence-electron chi connectivity index (χ4n) is 3.67. The predicted octanol–water partition coefficient (Wildman–Crippen LogP) is 4.17. The molecule has 5 heteroatoms. The van der Waals surface area contributed by atoms with Crippen LogP contribution < -0.4 is 0 Å². The highest BCUT2D eigenvalue weighted by Gasteiger charge is 2.29. The molecule has 1 fully saturated rings. The molecule has 0 aromatic heterocycles. The number of likely N-dealkylation sites (tertiary alicyclic amines) is 1. The minimum absolute atomic E-state index is 0.00300. The smallest absolute Gasteiger partial charge is 0.226 e. The monoisotopic (exact) mass is 398 g/mol. The Bertz CT molecular complexity index is 784. The van der Waals surface area contributed by atoms with Crippen LogP contribution in [0, 0.1) is 5.92 Å². The third-order valence-electron chi connectivity index (χ3n) is 5.38. The van der Waals surface area contributed by atoms with Crippen LogP contribution in [0.5, 0.6) is 0 Å². The summed E-state index contributed by atoms with van der Waals surface area (Å²) in [6.07, 6.45) is 1.85. The van der Waals surface area contributed by atoms with Gasteiger partial charge in [0.15, 0.2) is 0 Å². The van der Waals surface area contributed by atoms with Gasteiger partial charge in [0.1, 0.15) is 0 Å². The van der Waals surface area contributed by atoms with Crippen molar-refractivity contribution in [3.8, 4) is 0 Å². The van der Waals surface area contributed by atoms with Gasteiger partial charge in [0.05, 0.1) is 6.42 Å². The number of amides is 2. The molecule has 3 rings (SSSR count). The zero-order chi connectivity index (χ0) is 19.9. The topological polar surface area (TPSA) is 40.6 Å². The number of hydrogen-bond donors (Lipinski definition) is 0. The van der Waals surface area contributed by atoms with Crippen LogP contribution >= 0.6 is 11.6 Å². The molecule has 0 bridgehead atoms. The minimum Gasteiger partial charge on any atom is -0.342 e. The Morgan fingerprint density at radius 3 is 2.25 bits per heavy atom. The predicted molar refractivity (Wildman–Crippen MR) is 112 cm³/mol. The Balaban J connectivity index is 1.51. The lowest BCUT2D eigenvalue weighted by Gasteiger charge is -2.34. The van der Waals surface area contributed by atoms with Crippen molar-refractivity contribution in [3.05, 3.63) is 70.7 Å². The summed E-state index contributed by atoms with van der Waals surface area (Å²) in [6.45, 7) is 4.65. The first-order valence-electron chi connectivity index (χ1n) is 9.91. The van der Waals surface area contributed by atoms with Crippen LogP contribution in [-0.4, -0.2) is 41.2 Å². The highest BCUT2D eigenvalue weighted by atomic mass is 35.5.